The number of anilines is 1. The van der Waals surface area contributed by atoms with Crippen LogP contribution in [0.4, 0.5) is 5.69 Å². The molecule has 4 heterocycles. The van der Waals surface area contributed by atoms with Crippen LogP contribution >= 0.6 is 0 Å². The first-order valence-electron chi connectivity index (χ1n) is 18.2. The van der Waals surface area contributed by atoms with Gasteiger partial charge in [0, 0.05) is 35.9 Å². The lowest BCUT2D eigenvalue weighted by molar-refractivity contribution is -0.649. The normalized spacial score (nSPS) is 16.8. The Morgan fingerprint density at radius 1 is 0.654 bits per heavy atom. The molecule has 2 aliphatic heterocycles. The number of para-hydroxylation sites is 4. The van der Waals surface area contributed by atoms with E-state index in [1.54, 1.807) is 0 Å². The molecule has 2 aliphatic rings. The van der Waals surface area contributed by atoms with Gasteiger partial charge >= 0.3 is 0 Å². The van der Waals surface area contributed by atoms with Gasteiger partial charge in [0.25, 0.3) is 0 Å². The lowest BCUT2D eigenvalue weighted by atomic mass is 9.62. The van der Waals surface area contributed by atoms with Gasteiger partial charge in [-0.25, -0.2) is 0 Å². The summed E-state index contributed by atoms with van der Waals surface area (Å²) in [6.07, 6.45) is 8.01. The summed E-state index contributed by atoms with van der Waals surface area (Å²) in [5.41, 5.74) is 13.8. The summed E-state index contributed by atoms with van der Waals surface area (Å²) in [4.78, 5) is 4.57. The van der Waals surface area contributed by atoms with Crippen LogP contribution in [0.2, 0.25) is 0 Å². The van der Waals surface area contributed by atoms with Crippen LogP contribution in [-0.4, -0.2) is 27.8 Å². The molecule has 0 saturated carbocycles. The van der Waals surface area contributed by atoms with Crippen molar-refractivity contribution in [1.82, 2.24) is 14.0 Å². The Bertz CT molecular complexity index is 2740. The van der Waals surface area contributed by atoms with Gasteiger partial charge in [-0.15, -0.1) is 0 Å². The van der Waals surface area contributed by atoms with Crippen molar-refractivity contribution in [1.29, 1.82) is 0 Å². The highest BCUT2D eigenvalue weighted by Crippen LogP contribution is 2.55. The van der Waals surface area contributed by atoms with Gasteiger partial charge in [-0.3, -0.25) is 0 Å². The molecule has 1 atom stereocenters. The molecule has 254 valence electrons. The number of aryl methyl sites for hydroxylation is 1. The highest BCUT2D eigenvalue weighted by molar-refractivity contribution is 6.12. The summed E-state index contributed by atoms with van der Waals surface area (Å²) < 4.78 is 6.87. The van der Waals surface area contributed by atoms with Crippen molar-refractivity contribution in [2.24, 2.45) is 7.05 Å². The van der Waals surface area contributed by atoms with Crippen LogP contribution in [0.5, 0.6) is 0 Å². The standard InChI is InChI=1S/C47H41N5/c1-46(2,3)33-26-34(28-36(27-33)51-31-49(5)43-20-11-12-21-44(43)51)47(32-14-7-6-8-15-32)39-18-13-17-38-37-16-9-10-19-41(37)52(45(38)39)42-23-22-35(29-40(42)47)50-25-24-48(4)30-50/h6-29H,30H2,1-5H3. The first-order chi connectivity index (χ1) is 25.2. The number of aromatic nitrogens is 3. The third-order valence-electron chi connectivity index (χ3n) is 11.3. The second-order valence-corrected chi connectivity index (χ2v) is 15.5. The predicted molar refractivity (Wildman–Crippen MR) is 212 cm³/mol. The lowest BCUT2D eigenvalue weighted by Crippen LogP contribution is -2.36. The molecular weight excluding hydrogens is 635 g/mol. The lowest BCUT2D eigenvalue weighted by Gasteiger charge is -2.43. The summed E-state index contributed by atoms with van der Waals surface area (Å²) in [6.45, 7) is 7.78. The van der Waals surface area contributed by atoms with Crippen molar-refractivity contribution in [2.75, 3.05) is 18.6 Å². The summed E-state index contributed by atoms with van der Waals surface area (Å²) >= 11 is 0. The Labute approximate surface area is 304 Å². The number of nitrogens with zero attached hydrogens (tertiary/aromatic N) is 5. The van der Waals surface area contributed by atoms with Crippen LogP contribution in [0.15, 0.2) is 146 Å². The van der Waals surface area contributed by atoms with Crippen molar-refractivity contribution in [3.63, 3.8) is 0 Å². The Kier molecular flexibility index (Phi) is 6.48. The molecule has 0 spiro atoms. The van der Waals surface area contributed by atoms with Gasteiger partial charge in [0.05, 0.1) is 52.6 Å². The monoisotopic (exact) mass is 675 g/mol. The van der Waals surface area contributed by atoms with Crippen LogP contribution < -0.4 is 9.47 Å². The molecule has 10 rings (SSSR count). The van der Waals surface area contributed by atoms with Crippen molar-refractivity contribution in [3.05, 3.63) is 180 Å². The second-order valence-electron chi connectivity index (χ2n) is 15.5. The molecule has 6 aromatic carbocycles. The summed E-state index contributed by atoms with van der Waals surface area (Å²) in [5, 5.41) is 2.54. The topological polar surface area (TPSA) is 20.2 Å². The fourth-order valence-electron chi connectivity index (χ4n) is 8.87. The highest BCUT2D eigenvalue weighted by atomic mass is 15.3. The summed E-state index contributed by atoms with van der Waals surface area (Å²) in [6, 6.07) is 50.0. The van der Waals surface area contributed by atoms with Crippen molar-refractivity contribution in [3.8, 4) is 11.4 Å². The number of imidazole rings is 1. The molecule has 0 N–H and O–H groups in total. The third kappa shape index (κ3) is 4.26. The molecule has 2 aromatic heterocycles. The van der Waals surface area contributed by atoms with Gasteiger partial charge in [-0.05, 0) is 57.5 Å². The maximum Gasteiger partial charge on any atom is 0.244 e. The molecule has 1 unspecified atom stereocenters. The van der Waals surface area contributed by atoms with E-state index in [1.165, 1.54) is 61.0 Å². The van der Waals surface area contributed by atoms with E-state index in [0.717, 1.165) is 23.4 Å². The average molecular weight is 676 g/mol. The van der Waals surface area contributed by atoms with Crippen LogP contribution in [0.25, 0.3) is 44.2 Å². The quantitative estimate of drug-likeness (QED) is 0.137. The third-order valence-corrected chi connectivity index (χ3v) is 11.3. The van der Waals surface area contributed by atoms with Crippen LogP contribution in [0, 0.1) is 6.33 Å². The zero-order chi connectivity index (χ0) is 35.4. The maximum atomic E-state index is 3.66. The maximum absolute atomic E-state index is 3.66. The van der Waals surface area contributed by atoms with E-state index in [9.17, 15) is 0 Å². The molecule has 5 nitrogen and oxygen atoms in total. The van der Waals surface area contributed by atoms with E-state index >= 15 is 0 Å². The summed E-state index contributed by atoms with van der Waals surface area (Å²) in [5.74, 6) is 0. The van der Waals surface area contributed by atoms with Gasteiger partial charge in [0.1, 0.15) is 0 Å². The molecule has 8 aromatic rings. The predicted octanol–water partition coefficient (Wildman–Crippen LogP) is 9.53. The van der Waals surface area contributed by atoms with Gasteiger partial charge in [0.2, 0.25) is 6.33 Å². The SMILES string of the molecule is CN1C=CN(c2ccc3c(c2)C(c2ccccc2)(c2cc(-n4[c-][n+](C)c5ccccc54)cc(C(C)(C)C)c2)c2cccc4c5ccccc5n-3c24)C1. The Balaban J connectivity index is 1.40. The minimum Gasteiger partial charge on any atom is -0.361 e. The first kappa shape index (κ1) is 30.7. The number of hydrogen-bond acceptors (Lipinski definition) is 2. The molecular formula is C47H41N5. The largest absolute Gasteiger partial charge is 0.361 e. The number of benzene rings is 6. The Hall–Kier alpha value is -6.07. The second kappa shape index (κ2) is 11.0. The highest BCUT2D eigenvalue weighted by Gasteiger charge is 2.46. The van der Waals surface area contributed by atoms with Gasteiger partial charge < -0.3 is 23.5 Å². The first-order valence-corrected chi connectivity index (χ1v) is 18.2. The van der Waals surface area contributed by atoms with Crippen molar-refractivity contribution >= 4 is 38.5 Å². The molecule has 0 bridgehead atoms. The number of hydrogen-bond donors (Lipinski definition) is 0. The van der Waals surface area contributed by atoms with E-state index in [0.29, 0.717) is 0 Å². The number of fused-ring (bicyclic) bond motifs is 6. The fourth-order valence-corrected chi connectivity index (χ4v) is 8.87. The Morgan fingerprint density at radius 3 is 2.19 bits per heavy atom. The zero-order valence-electron chi connectivity index (χ0n) is 30.3. The van der Waals surface area contributed by atoms with Crippen molar-refractivity contribution < 1.29 is 4.57 Å². The van der Waals surface area contributed by atoms with E-state index < -0.39 is 5.41 Å². The molecule has 0 saturated heterocycles. The van der Waals surface area contributed by atoms with E-state index in [-0.39, 0.29) is 5.41 Å². The summed E-state index contributed by atoms with van der Waals surface area (Å²) in [7, 11) is 4.21. The Morgan fingerprint density at radius 2 is 1.40 bits per heavy atom. The van der Waals surface area contributed by atoms with Crippen molar-refractivity contribution in [2.45, 2.75) is 31.6 Å². The van der Waals surface area contributed by atoms with Crippen LogP contribution in [0.1, 0.15) is 48.6 Å². The van der Waals surface area contributed by atoms with E-state index in [1.807, 2.05) is 0 Å². The molecule has 5 heteroatoms. The van der Waals surface area contributed by atoms with Gasteiger partial charge in [-0.1, -0.05) is 130 Å². The minimum atomic E-state index is -0.646. The molecule has 52 heavy (non-hydrogen) atoms. The minimum absolute atomic E-state index is 0.112. The molecule has 0 radical (unpaired) electrons. The molecule has 0 fully saturated rings. The number of rotatable bonds is 4. The van der Waals surface area contributed by atoms with E-state index in [4.69, 9.17) is 0 Å². The smallest absolute Gasteiger partial charge is 0.244 e. The van der Waals surface area contributed by atoms with E-state index in [2.05, 4.69) is 211 Å². The van der Waals surface area contributed by atoms with Gasteiger partial charge in [-0.2, -0.15) is 0 Å². The molecule has 0 aliphatic carbocycles. The van der Waals surface area contributed by atoms with Crippen LogP contribution in [-0.2, 0) is 17.9 Å². The van der Waals surface area contributed by atoms with Crippen LogP contribution in [0.3, 0.4) is 0 Å². The zero-order valence-corrected chi connectivity index (χ0v) is 30.3. The molecule has 0 amide bonds. The average Bonchev–Trinajstić information content (AvgIpc) is 3.86. The van der Waals surface area contributed by atoms with Gasteiger partial charge in [0.15, 0.2) is 0 Å². The fraction of sp³-hybridized carbons (Fsp3) is 0.170.